The van der Waals surface area contributed by atoms with Crippen LogP contribution >= 0.6 is 0 Å². The molecule has 40 heavy (non-hydrogen) atoms. The molecule has 2 saturated heterocycles. The van der Waals surface area contributed by atoms with Gasteiger partial charge in [0.25, 0.3) is 11.1 Å². The predicted molar refractivity (Wildman–Crippen MR) is 150 cm³/mol. The number of H-pyrrole nitrogens is 2. The molecule has 4 aliphatic rings. The van der Waals surface area contributed by atoms with Crippen molar-refractivity contribution in [2.24, 2.45) is 11.8 Å². The Morgan fingerprint density at radius 3 is 1.93 bits per heavy atom. The number of nitrogens with one attached hydrogen (secondary N) is 3. The second-order valence-electron chi connectivity index (χ2n) is 12.3. The summed E-state index contributed by atoms with van der Waals surface area (Å²) < 4.78 is 15.5. The molecule has 0 unspecified atom stereocenters. The molecule has 1 amide bonds. The molecule has 3 N–H and O–H groups in total. The standard InChI is InChI=1S/C16H24N2O4.C14H22N2O2/c1-21-16(20)18-8-7-12(14-10-15(19)17-22-14)9-13(18)11-5-3-2-4-6-11;17-14-9-13(18-16-14)11-6-7-15-12(8-11)10-4-2-1-3-5-10/h10-13H,2-9H2,1H3,(H,17,19);9-12,15H,1-8H2,(H,16,17)/t12-,13+;11-,12+/m00/s1. The third kappa shape index (κ3) is 7.11. The molecule has 222 valence electrons. The summed E-state index contributed by atoms with van der Waals surface area (Å²) in [4.78, 5) is 36.4. The minimum absolute atomic E-state index is 0.113. The number of hydrogen-bond donors (Lipinski definition) is 3. The molecular formula is C30H46N4O6. The summed E-state index contributed by atoms with van der Waals surface area (Å²) in [6.45, 7) is 1.70. The van der Waals surface area contributed by atoms with Crippen molar-refractivity contribution in [1.82, 2.24) is 20.5 Å². The molecule has 4 fully saturated rings. The molecule has 0 spiro atoms. The molecule has 10 nitrogen and oxygen atoms in total. The summed E-state index contributed by atoms with van der Waals surface area (Å²) in [6.07, 6.45) is 16.6. The Morgan fingerprint density at radius 1 is 0.800 bits per heavy atom. The van der Waals surface area contributed by atoms with E-state index in [4.69, 9.17) is 13.8 Å². The van der Waals surface area contributed by atoms with Gasteiger partial charge < -0.3 is 24.0 Å². The van der Waals surface area contributed by atoms with Crippen molar-refractivity contribution in [3.8, 4) is 0 Å². The highest BCUT2D eigenvalue weighted by Crippen LogP contribution is 2.39. The first-order valence-corrected chi connectivity index (χ1v) is 15.5. The van der Waals surface area contributed by atoms with Crippen LogP contribution in [0.5, 0.6) is 0 Å². The Balaban J connectivity index is 0.000000164. The maximum atomic E-state index is 12.1. The van der Waals surface area contributed by atoms with Crippen molar-refractivity contribution in [3.05, 3.63) is 44.4 Å². The van der Waals surface area contributed by atoms with Crippen molar-refractivity contribution in [1.29, 1.82) is 0 Å². The van der Waals surface area contributed by atoms with Gasteiger partial charge in [-0.05, 0) is 69.7 Å². The number of carbonyl (C=O) groups excluding carboxylic acids is 1. The normalized spacial score (nSPS) is 28.5. The molecule has 2 aliphatic carbocycles. The van der Waals surface area contributed by atoms with E-state index in [0.717, 1.165) is 49.7 Å². The van der Waals surface area contributed by atoms with E-state index in [1.54, 1.807) is 6.07 Å². The van der Waals surface area contributed by atoms with Gasteiger partial charge in [0.15, 0.2) is 0 Å². The van der Waals surface area contributed by atoms with Gasteiger partial charge in [0.1, 0.15) is 11.5 Å². The summed E-state index contributed by atoms with van der Waals surface area (Å²) in [5, 5.41) is 8.44. The largest absolute Gasteiger partial charge is 0.453 e. The molecule has 10 heteroatoms. The van der Waals surface area contributed by atoms with Crippen LogP contribution in [0.4, 0.5) is 4.79 Å². The molecule has 0 aromatic carbocycles. The number of rotatable bonds is 4. The van der Waals surface area contributed by atoms with Crippen LogP contribution in [-0.4, -0.2) is 53.6 Å². The van der Waals surface area contributed by atoms with Gasteiger partial charge in [-0.15, -0.1) is 0 Å². The first-order chi connectivity index (χ1) is 19.5. The van der Waals surface area contributed by atoms with Crippen molar-refractivity contribution in [3.63, 3.8) is 0 Å². The zero-order chi connectivity index (χ0) is 27.9. The van der Waals surface area contributed by atoms with E-state index in [1.807, 2.05) is 4.90 Å². The average Bonchev–Trinajstić information content (AvgIpc) is 3.66. The van der Waals surface area contributed by atoms with Crippen LogP contribution in [0.2, 0.25) is 0 Å². The number of hydrogen-bond acceptors (Lipinski definition) is 7. The predicted octanol–water partition coefficient (Wildman–Crippen LogP) is 5.25. The fourth-order valence-corrected chi connectivity index (χ4v) is 7.67. The fourth-order valence-electron chi connectivity index (χ4n) is 7.67. The molecule has 0 bridgehead atoms. The van der Waals surface area contributed by atoms with Crippen LogP contribution in [0.1, 0.15) is 113 Å². The number of nitrogens with zero attached hydrogens (tertiary/aromatic N) is 1. The van der Waals surface area contributed by atoms with E-state index in [0.29, 0.717) is 24.4 Å². The van der Waals surface area contributed by atoms with Crippen LogP contribution in [0.3, 0.4) is 0 Å². The lowest BCUT2D eigenvalue weighted by Gasteiger charge is -2.43. The van der Waals surface area contributed by atoms with E-state index in [2.05, 4.69) is 15.6 Å². The fraction of sp³-hybridized carbons (Fsp3) is 0.767. The van der Waals surface area contributed by atoms with Gasteiger partial charge in [0.2, 0.25) is 0 Å². The zero-order valence-electron chi connectivity index (χ0n) is 23.8. The molecule has 2 aliphatic heterocycles. The summed E-state index contributed by atoms with van der Waals surface area (Å²) >= 11 is 0. The monoisotopic (exact) mass is 558 g/mol. The van der Waals surface area contributed by atoms with Gasteiger partial charge in [-0.1, -0.05) is 38.5 Å². The summed E-state index contributed by atoms with van der Waals surface area (Å²) in [6, 6.07) is 3.96. The Morgan fingerprint density at radius 2 is 1.38 bits per heavy atom. The lowest BCUT2D eigenvalue weighted by molar-refractivity contribution is 0.0512. The number of methoxy groups -OCH3 is 1. The molecule has 2 saturated carbocycles. The number of piperidine rings is 2. The highest BCUT2D eigenvalue weighted by atomic mass is 16.5. The highest BCUT2D eigenvalue weighted by Gasteiger charge is 2.39. The van der Waals surface area contributed by atoms with E-state index >= 15 is 0 Å². The Bertz CT molecular complexity index is 1170. The quantitative estimate of drug-likeness (QED) is 0.467. The Hall–Kier alpha value is -2.75. The zero-order valence-corrected chi connectivity index (χ0v) is 23.8. The van der Waals surface area contributed by atoms with Crippen molar-refractivity contribution in [2.75, 3.05) is 20.2 Å². The van der Waals surface area contributed by atoms with Crippen LogP contribution in [0.15, 0.2) is 30.8 Å². The number of aromatic nitrogens is 2. The van der Waals surface area contributed by atoms with E-state index < -0.39 is 0 Å². The van der Waals surface area contributed by atoms with Crippen molar-refractivity contribution in [2.45, 2.75) is 114 Å². The topological polar surface area (TPSA) is 134 Å². The minimum Gasteiger partial charge on any atom is -0.453 e. The van der Waals surface area contributed by atoms with E-state index in [9.17, 15) is 14.4 Å². The van der Waals surface area contributed by atoms with Crippen LogP contribution in [0.25, 0.3) is 0 Å². The SMILES string of the molecule is COC(=O)N1CC[C@H](c2cc(=O)[nH]o2)C[C@@H]1C1CCCCC1.O=c1cc([C@H]2CCN[C@@H](C3CCCCC3)C2)o[nH]1. The lowest BCUT2D eigenvalue weighted by Crippen LogP contribution is -2.49. The summed E-state index contributed by atoms with van der Waals surface area (Å²) in [5.41, 5.74) is -0.308. The molecular weight excluding hydrogens is 512 g/mol. The number of carbonyl (C=O) groups is 1. The first kappa shape index (κ1) is 28.8. The Labute approximate surface area is 235 Å². The third-order valence-corrected chi connectivity index (χ3v) is 9.79. The van der Waals surface area contributed by atoms with E-state index in [-0.39, 0.29) is 29.2 Å². The third-order valence-electron chi connectivity index (χ3n) is 9.79. The van der Waals surface area contributed by atoms with Gasteiger partial charge in [0, 0.05) is 42.6 Å². The van der Waals surface area contributed by atoms with Gasteiger partial charge >= 0.3 is 6.09 Å². The molecule has 2 aromatic heterocycles. The first-order valence-electron chi connectivity index (χ1n) is 15.5. The molecule has 2 aromatic rings. The van der Waals surface area contributed by atoms with Gasteiger partial charge in [-0.25, -0.2) is 4.79 Å². The maximum Gasteiger partial charge on any atom is 0.409 e. The molecule has 6 rings (SSSR count). The van der Waals surface area contributed by atoms with Gasteiger partial charge in [-0.3, -0.25) is 9.59 Å². The molecule has 4 atom stereocenters. The highest BCUT2D eigenvalue weighted by molar-refractivity contribution is 5.68. The van der Waals surface area contributed by atoms with Crippen molar-refractivity contribution < 1.29 is 18.6 Å². The molecule has 0 radical (unpaired) electrons. The Kier molecular flexibility index (Phi) is 9.88. The van der Waals surface area contributed by atoms with Crippen molar-refractivity contribution >= 4 is 6.09 Å². The van der Waals surface area contributed by atoms with E-state index in [1.165, 1.54) is 77.4 Å². The summed E-state index contributed by atoms with van der Waals surface area (Å²) in [7, 11) is 1.44. The second-order valence-corrected chi connectivity index (χ2v) is 12.3. The minimum atomic E-state index is -0.232. The number of ether oxygens (including phenoxy) is 1. The van der Waals surface area contributed by atoms with Crippen LogP contribution < -0.4 is 16.4 Å². The van der Waals surface area contributed by atoms with Gasteiger partial charge in [0.05, 0.1) is 7.11 Å². The smallest absolute Gasteiger partial charge is 0.409 e. The van der Waals surface area contributed by atoms with Crippen LogP contribution in [-0.2, 0) is 4.74 Å². The number of aromatic amines is 2. The van der Waals surface area contributed by atoms with Crippen LogP contribution in [0, 0.1) is 11.8 Å². The average molecular weight is 559 g/mol. The lowest BCUT2D eigenvalue weighted by atomic mass is 9.76. The van der Waals surface area contributed by atoms with Gasteiger partial charge in [-0.2, -0.15) is 10.3 Å². The number of amides is 1. The number of likely N-dealkylation sites (tertiary alicyclic amines) is 1. The summed E-state index contributed by atoms with van der Waals surface area (Å²) in [5.74, 6) is 3.54. The maximum absolute atomic E-state index is 12.1. The molecule has 4 heterocycles. The second kappa shape index (κ2) is 13.7.